The van der Waals surface area contributed by atoms with Crippen LogP contribution in [0.5, 0.6) is 0 Å². The summed E-state index contributed by atoms with van der Waals surface area (Å²) in [6, 6.07) is 5.36. The molecule has 2 aromatic rings. The summed E-state index contributed by atoms with van der Waals surface area (Å²) in [6.07, 6.45) is 5.28. The SMILES string of the molecule is CC(Br)CCCNC(=O)c1ccc2nccnc2c1. The van der Waals surface area contributed by atoms with Crippen molar-refractivity contribution < 1.29 is 4.79 Å². The van der Waals surface area contributed by atoms with Crippen molar-refractivity contribution in [2.45, 2.75) is 24.6 Å². The fourth-order valence-electron chi connectivity index (χ4n) is 1.79. The van der Waals surface area contributed by atoms with E-state index in [0.29, 0.717) is 16.9 Å². The maximum Gasteiger partial charge on any atom is 0.251 e. The van der Waals surface area contributed by atoms with Gasteiger partial charge in [0.1, 0.15) is 0 Å². The van der Waals surface area contributed by atoms with Crippen LogP contribution in [0.4, 0.5) is 0 Å². The van der Waals surface area contributed by atoms with Crippen LogP contribution in [0.15, 0.2) is 30.6 Å². The zero-order valence-corrected chi connectivity index (χ0v) is 12.4. The second-order valence-electron chi connectivity index (χ2n) is 4.44. The Morgan fingerprint density at radius 3 is 2.79 bits per heavy atom. The largest absolute Gasteiger partial charge is 0.352 e. The molecule has 1 unspecified atom stereocenters. The standard InChI is InChI=1S/C14H16BrN3O/c1-10(15)3-2-6-18-14(19)11-4-5-12-13(9-11)17-8-7-16-12/h4-5,7-10H,2-3,6H2,1H3,(H,18,19). The van der Waals surface area contributed by atoms with Gasteiger partial charge in [0.25, 0.3) is 5.91 Å². The number of fused-ring (bicyclic) bond motifs is 1. The summed E-state index contributed by atoms with van der Waals surface area (Å²) in [7, 11) is 0. The van der Waals surface area contributed by atoms with E-state index in [1.54, 1.807) is 24.5 Å². The number of halogens is 1. The van der Waals surface area contributed by atoms with Crippen molar-refractivity contribution in [2.75, 3.05) is 6.54 Å². The average Bonchev–Trinajstić information content (AvgIpc) is 2.42. The van der Waals surface area contributed by atoms with Gasteiger partial charge in [-0.15, -0.1) is 0 Å². The van der Waals surface area contributed by atoms with E-state index < -0.39 is 0 Å². The van der Waals surface area contributed by atoms with Crippen molar-refractivity contribution in [3.8, 4) is 0 Å². The van der Waals surface area contributed by atoms with Gasteiger partial charge in [-0.25, -0.2) is 0 Å². The van der Waals surface area contributed by atoms with Gasteiger partial charge in [0, 0.05) is 29.3 Å². The minimum absolute atomic E-state index is 0.0604. The Labute approximate surface area is 120 Å². The smallest absolute Gasteiger partial charge is 0.251 e. The number of nitrogens with zero attached hydrogens (tertiary/aromatic N) is 2. The number of nitrogens with one attached hydrogen (secondary N) is 1. The number of rotatable bonds is 5. The molecule has 1 aromatic carbocycles. The zero-order valence-electron chi connectivity index (χ0n) is 10.8. The Morgan fingerprint density at radius 1 is 1.32 bits per heavy atom. The van der Waals surface area contributed by atoms with Crippen molar-refractivity contribution in [1.82, 2.24) is 15.3 Å². The molecule has 0 aliphatic carbocycles. The monoisotopic (exact) mass is 321 g/mol. The van der Waals surface area contributed by atoms with E-state index in [2.05, 4.69) is 38.1 Å². The molecule has 0 saturated heterocycles. The number of amides is 1. The Kier molecular flexibility index (Phi) is 4.85. The number of hydrogen-bond donors (Lipinski definition) is 1. The van der Waals surface area contributed by atoms with Gasteiger partial charge in [0.05, 0.1) is 11.0 Å². The summed E-state index contributed by atoms with van der Waals surface area (Å²) in [5, 5.41) is 2.91. The van der Waals surface area contributed by atoms with Gasteiger partial charge >= 0.3 is 0 Å². The molecule has 0 saturated carbocycles. The molecule has 0 bridgehead atoms. The summed E-state index contributed by atoms with van der Waals surface area (Å²) >= 11 is 3.49. The molecule has 1 aromatic heterocycles. The first-order valence-corrected chi connectivity index (χ1v) is 7.21. The minimum Gasteiger partial charge on any atom is -0.352 e. The van der Waals surface area contributed by atoms with Crippen LogP contribution in [0.1, 0.15) is 30.1 Å². The van der Waals surface area contributed by atoms with Crippen LogP contribution < -0.4 is 5.32 Å². The molecule has 1 atom stereocenters. The van der Waals surface area contributed by atoms with E-state index in [4.69, 9.17) is 0 Å². The molecule has 19 heavy (non-hydrogen) atoms. The van der Waals surface area contributed by atoms with Gasteiger partial charge in [0.2, 0.25) is 0 Å². The van der Waals surface area contributed by atoms with E-state index in [1.807, 2.05) is 6.07 Å². The Hall–Kier alpha value is -1.49. The molecule has 0 radical (unpaired) electrons. The molecule has 1 heterocycles. The van der Waals surface area contributed by atoms with Gasteiger partial charge in [0.15, 0.2) is 0 Å². The van der Waals surface area contributed by atoms with Crippen LogP contribution in [0.2, 0.25) is 0 Å². The predicted molar refractivity (Wildman–Crippen MR) is 79.5 cm³/mol. The van der Waals surface area contributed by atoms with Gasteiger partial charge in [-0.2, -0.15) is 0 Å². The molecule has 0 fully saturated rings. The molecule has 100 valence electrons. The molecule has 0 aliphatic rings. The van der Waals surface area contributed by atoms with Crippen molar-refractivity contribution in [2.24, 2.45) is 0 Å². The third kappa shape index (κ3) is 3.99. The number of benzene rings is 1. The van der Waals surface area contributed by atoms with Crippen molar-refractivity contribution >= 4 is 32.9 Å². The Balaban J connectivity index is 1.97. The molecular formula is C14H16BrN3O. The van der Waals surface area contributed by atoms with Crippen molar-refractivity contribution in [3.63, 3.8) is 0 Å². The van der Waals surface area contributed by atoms with E-state index in [9.17, 15) is 4.79 Å². The second kappa shape index (κ2) is 6.61. The first-order valence-electron chi connectivity index (χ1n) is 6.30. The molecule has 4 nitrogen and oxygen atoms in total. The van der Waals surface area contributed by atoms with Crippen LogP contribution in [0.25, 0.3) is 11.0 Å². The number of carbonyl (C=O) groups excluding carboxylic acids is 1. The highest BCUT2D eigenvalue weighted by atomic mass is 79.9. The molecule has 1 amide bonds. The predicted octanol–water partition coefficient (Wildman–Crippen LogP) is 2.92. The van der Waals surface area contributed by atoms with Crippen LogP contribution >= 0.6 is 15.9 Å². The molecule has 1 N–H and O–H groups in total. The summed E-state index contributed by atoms with van der Waals surface area (Å²) in [6.45, 7) is 2.79. The zero-order chi connectivity index (χ0) is 13.7. The minimum atomic E-state index is -0.0604. The first-order chi connectivity index (χ1) is 9.16. The van der Waals surface area contributed by atoms with Gasteiger partial charge in [-0.05, 0) is 31.0 Å². The van der Waals surface area contributed by atoms with E-state index >= 15 is 0 Å². The highest BCUT2D eigenvalue weighted by Gasteiger charge is 2.06. The molecular weight excluding hydrogens is 306 g/mol. The third-order valence-corrected chi connectivity index (χ3v) is 3.25. The van der Waals surface area contributed by atoms with Crippen LogP contribution in [0, 0.1) is 0 Å². The van der Waals surface area contributed by atoms with E-state index in [-0.39, 0.29) is 5.91 Å². The maximum atomic E-state index is 12.0. The highest BCUT2D eigenvalue weighted by Crippen LogP contribution is 2.11. The summed E-state index contributed by atoms with van der Waals surface area (Å²) in [5.74, 6) is -0.0604. The van der Waals surface area contributed by atoms with Crippen molar-refractivity contribution in [3.05, 3.63) is 36.2 Å². The van der Waals surface area contributed by atoms with E-state index in [1.165, 1.54) is 0 Å². The van der Waals surface area contributed by atoms with Crippen LogP contribution in [0.3, 0.4) is 0 Å². The second-order valence-corrected chi connectivity index (χ2v) is 6.00. The maximum absolute atomic E-state index is 12.0. The first kappa shape index (κ1) is 13.9. The fourth-order valence-corrected chi connectivity index (χ4v) is 2.12. The van der Waals surface area contributed by atoms with Crippen LogP contribution in [-0.4, -0.2) is 27.2 Å². The molecule has 0 spiro atoms. The third-order valence-electron chi connectivity index (χ3n) is 2.80. The summed E-state index contributed by atoms with van der Waals surface area (Å²) in [5.41, 5.74) is 2.16. The van der Waals surface area contributed by atoms with Crippen molar-refractivity contribution in [1.29, 1.82) is 0 Å². The molecule has 5 heteroatoms. The Morgan fingerprint density at radius 2 is 2.05 bits per heavy atom. The van der Waals surface area contributed by atoms with Gasteiger partial charge in [-0.3, -0.25) is 14.8 Å². The normalized spacial score (nSPS) is 12.3. The van der Waals surface area contributed by atoms with Crippen LogP contribution in [-0.2, 0) is 0 Å². The quantitative estimate of drug-likeness (QED) is 0.680. The highest BCUT2D eigenvalue weighted by molar-refractivity contribution is 9.09. The number of carbonyl (C=O) groups is 1. The number of aromatic nitrogens is 2. The number of hydrogen-bond acceptors (Lipinski definition) is 3. The lowest BCUT2D eigenvalue weighted by Crippen LogP contribution is -2.24. The van der Waals surface area contributed by atoms with E-state index in [0.717, 1.165) is 23.9 Å². The molecule has 0 aliphatic heterocycles. The average molecular weight is 322 g/mol. The lowest BCUT2D eigenvalue weighted by Gasteiger charge is -2.06. The van der Waals surface area contributed by atoms with Gasteiger partial charge in [-0.1, -0.05) is 22.9 Å². The molecule has 2 rings (SSSR count). The van der Waals surface area contributed by atoms with Gasteiger partial charge < -0.3 is 5.32 Å². The Bertz CT molecular complexity index is 571. The fraction of sp³-hybridized carbons (Fsp3) is 0.357. The lowest BCUT2D eigenvalue weighted by molar-refractivity contribution is 0.0953. The topological polar surface area (TPSA) is 54.9 Å². The summed E-state index contributed by atoms with van der Waals surface area (Å²) < 4.78 is 0. The summed E-state index contributed by atoms with van der Waals surface area (Å²) in [4.78, 5) is 20.8. The lowest BCUT2D eigenvalue weighted by atomic mass is 10.1. The number of alkyl halides is 1.